The van der Waals surface area contributed by atoms with Gasteiger partial charge in [0.05, 0.1) is 24.5 Å². The van der Waals surface area contributed by atoms with Crippen molar-refractivity contribution in [1.29, 1.82) is 0 Å². The summed E-state index contributed by atoms with van der Waals surface area (Å²) in [6.07, 6.45) is 4.33. The van der Waals surface area contributed by atoms with Crippen LogP contribution in [-0.2, 0) is 18.6 Å². The number of ether oxygens (including phenoxy) is 1. The minimum Gasteiger partial charge on any atom is -0.497 e. The maximum absolute atomic E-state index is 5.32. The van der Waals surface area contributed by atoms with E-state index in [0.29, 0.717) is 0 Å². The Hall–Kier alpha value is -2.15. The fourth-order valence-corrected chi connectivity index (χ4v) is 5.66. The molecule has 5 nitrogen and oxygen atoms in total. The van der Waals surface area contributed by atoms with Crippen LogP contribution in [0, 0.1) is 0 Å². The average molecular weight is 409 g/mol. The van der Waals surface area contributed by atoms with E-state index in [4.69, 9.17) is 9.72 Å². The molecule has 1 spiro atoms. The Labute approximate surface area is 176 Å². The van der Waals surface area contributed by atoms with Gasteiger partial charge in [0.15, 0.2) is 0 Å². The molecule has 2 aromatic heterocycles. The van der Waals surface area contributed by atoms with Gasteiger partial charge in [0.25, 0.3) is 0 Å². The zero-order valence-corrected chi connectivity index (χ0v) is 18.0. The quantitative estimate of drug-likeness (QED) is 0.652. The number of likely N-dealkylation sites (N-methyl/N-ethyl adjacent to an activating group) is 1. The molecule has 0 atom stereocenters. The first kappa shape index (κ1) is 18.9. The Morgan fingerprint density at radius 1 is 1.07 bits per heavy atom. The number of thiophene rings is 1. The largest absolute Gasteiger partial charge is 0.497 e. The lowest BCUT2D eigenvalue weighted by Gasteiger charge is -2.49. The molecule has 3 aromatic rings. The number of fused-ring (bicyclic) bond motifs is 2. The van der Waals surface area contributed by atoms with Gasteiger partial charge in [0.2, 0.25) is 0 Å². The monoisotopic (exact) mass is 408 g/mol. The van der Waals surface area contributed by atoms with Gasteiger partial charge < -0.3 is 9.30 Å². The molecule has 0 amide bonds. The first-order valence-electron chi connectivity index (χ1n) is 10.4. The van der Waals surface area contributed by atoms with Crippen LogP contribution in [0.3, 0.4) is 0 Å². The lowest BCUT2D eigenvalue weighted by Crippen LogP contribution is -2.56. The van der Waals surface area contributed by atoms with Crippen molar-refractivity contribution in [3.05, 3.63) is 58.7 Å². The number of hydrogen-bond acceptors (Lipinski definition) is 5. The molecule has 1 fully saturated rings. The maximum atomic E-state index is 5.32. The Bertz CT molecular complexity index is 955. The SMILES string of the molecule is COc1ccc(-c2cnc3n2CCN(C)C32CCN(Cc3cccs3)CC2)cc1. The molecule has 0 saturated carbocycles. The second-order valence-electron chi connectivity index (χ2n) is 8.16. The van der Waals surface area contributed by atoms with Crippen molar-refractivity contribution in [3.8, 4) is 17.0 Å². The number of likely N-dealkylation sites (tertiary alicyclic amines) is 1. The van der Waals surface area contributed by atoms with Crippen LogP contribution in [0.5, 0.6) is 5.75 Å². The summed E-state index contributed by atoms with van der Waals surface area (Å²) in [5, 5.41) is 2.17. The third-order valence-electron chi connectivity index (χ3n) is 6.69. The number of nitrogens with zero attached hydrogens (tertiary/aromatic N) is 4. The Kier molecular flexibility index (Phi) is 4.94. The predicted molar refractivity (Wildman–Crippen MR) is 117 cm³/mol. The number of rotatable bonds is 4. The fourth-order valence-electron chi connectivity index (χ4n) is 4.91. The highest BCUT2D eigenvalue weighted by Gasteiger charge is 2.45. The molecule has 4 heterocycles. The molecule has 1 saturated heterocycles. The molecule has 152 valence electrons. The van der Waals surface area contributed by atoms with Crippen LogP contribution in [0.2, 0.25) is 0 Å². The van der Waals surface area contributed by atoms with Crippen molar-refractivity contribution in [3.63, 3.8) is 0 Å². The lowest BCUT2D eigenvalue weighted by atomic mass is 9.83. The minimum absolute atomic E-state index is 0.0505. The van der Waals surface area contributed by atoms with Gasteiger partial charge >= 0.3 is 0 Å². The van der Waals surface area contributed by atoms with Gasteiger partial charge in [-0.15, -0.1) is 11.3 Å². The first-order valence-corrected chi connectivity index (χ1v) is 11.2. The molecule has 1 aromatic carbocycles. The number of aromatic nitrogens is 2. The zero-order chi connectivity index (χ0) is 19.8. The van der Waals surface area contributed by atoms with Gasteiger partial charge in [-0.2, -0.15) is 0 Å². The van der Waals surface area contributed by atoms with Crippen molar-refractivity contribution < 1.29 is 4.74 Å². The van der Waals surface area contributed by atoms with Crippen LogP contribution < -0.4 is 4.74 Å². The number of piperidine rings is 1. The van der Waals surface area contributed by atoms with Crippen molar-refractivity contribution in [2.75, 3.05) is 33.8 Å². The van der Waals surface area contributed by atoms with E-state index in [0.717, 1.165) is 51.3 Å². The van der Waals surface area contributed by atoms with E-state index in [-0.39, 0.29) is 5.54 Å². The minimum atomic E-state index is 0.0505. The molecular weight excluding hydrogens is 380 g/mol. The van der Waals surface area contributed by atoms with Crippen molar-refractivity contribution in [2.24, 2.45) is 0 Å². The standard InChI is InChI=1S/C23H28N4OS/c1-25-13-14-27-21(18-5-7-19(28-2)8-6-18)16-24-22(27)23(25)9-11-26(12-10-23)17-20-4-3-15-29-20/h3-8,15-16H,9-14,17H2,1-2H3. The highest BCUT2D eigenvalue weighted by atomic mass is 32.1. The second kappa shape index (κ2) is 7.59. The lowest BCUT2D eigenvalue weighted by molar-refractivity contribution is 0.00725. The summed E-state index contributed by atoms with van der Waals surface area (Å²) in [6, 6.07) is 12.7. The smallest absolute Gasteiger partial charge is 0.129 e. The number of hydrogen-bond donors (Lipinski definition) is 0. The Morgan fingerprint density at radius 2 is 1.86 bits per heavy atom. The number of methoxy groups -OCH3 is 1. The molecule has 2 aliphatic rings. The van der Waals surface area contributed by atoms with Gasteiger partial charge in [-0.1, -0.05) is 6.07 Å². The van der Waals surface area contributed by atoms with Crippen molar-refractivity contribution in [2.45, 2.75) is 31.5 Å². The normalized spacial score (nSPS) is 19.4. The van der Waals surface area contributed by atoms with Crippen LogP contribution in [-0.4, -0.2) is 53.1 Å². The van der Waals surface area contributed by atoms with Crippen molar-refractivity contribution in [1.82, 2.24) is 19.4 Å². The topological polar surface area (TPSA) is 33.5 Å². The third kappa shape index (κ3) is 3.29. The summed E-state index contributed by atoms with van der Waals surface area (Å²) in [7, 11) is 3.99. The molecule has 29 heavy (non-hydrogen) atoms. The van der Waals surface area contributed by atoms with Crippen LogP contribution in [0.4, 0.5) is 0 Å². The molecule has 5 rings (SSSR count). The van der Waals surface area contributed by atoms with Gasteiger partial charge in [0.1, 0.15) is 11.6 Å². The molecule has 0 unspecified atom stereocenters. The van der Waals surface area contributed by atoms with Gasteiger partial charge in [0, 0.05) is 43.2 Å². The Balaban J connectivity index is 1.41. The van der Waals surface area contributed by atoms with E-state index in [1.807, 2.05) is 23.5 Å². The third-order valence-corrected chi connectivity index (χ3v) is 7.55. The second-order valence-corrected chi connectivity index (χ2v) is 9.19. The maximum Gasteiger partial charge on any atom is 0.129 e. The van der Waals surface area contributed by atoms with Crippen LogP contribution in [0.25, 0.3) is 11.3 Å². The van der Waals surface area contributed by atoms with Gasteiger partial charge in [-0.3, -0.25) is 9.80 Å². The number of benzene rings is 1. The summed E-state index contributed by atoms with van der Waals surface area (Å²) in [5.74, 6) is 2.13. The van der Waals surface area contributed by atoms with Gasteiger partial charge in [-0.25, -0.2) is 4.98 Å². The fraction of sp³-hybridized carbons (Fsp3) is 0.435. The number of imidazole rings is 1. The molecule has 0 radical (unpaired) electrons. The summed E-state index contributed by atoms with van der Waals surface area (Å²) in [6.45, 7) is 5.37. The van der Waals surface area contributed by atoms with Crippen LogP contribution in [0.1, 0.15) is 23.5 Å². The van der Waals surface area contributed by atoms with E-state index in [9.17, 15) is 0 Å². The zero-order valence-electron chi connectivity index (χ0n) is 17.2. The molecule has 2 aliphatic heterocycles. The van der Waals surface area contributed by atoms with Crippen LogP contribution in [0.15, 0.2) is 48.0 Å². The van der Waals surface area contributed by atoms with E-state index >= 15 is 0 Å². The van der Waals surface area contributed by atoms with Gasteiger partial charge in [-0.05, 0) is 55.6 Å². The molecule has 0 aliphatic carbocycles. The molecule has 6 heteroatoms. The summed E-state index contributed by atoms with van der Waals surface area (Å²) in [5.41, 5.74) is 2.48. The predicted octanol–water partition coefficient (Wildman–Crippen LogP) is 4.06. The summed E-state index contributed by atoms with van der Waals surface area (Å²) >= 11 is 1.86. The highest BCUT2D eigenvalue weighted by Crippen LogP contribution is 2.42. The summed E-state index contributed by atoms with van der Waals surface area (Å²) < 4.78 is 7.77. The summed E-state index contributed by atoms with van der Waals surface area (Å²) in [4.78, 5) is 11.6. The highest BCUT2D eigenvalue weighted by molar-refractivity contribution is 7.09. The van der Waals surface area contributed by atoms with Crippen LogP contribution >= 0.6 is 11.3 Å². The Morgan fingerprint density at radius 3 is 2.55 bits per heavy atom. The molecule has 0 N–H and O–H groups in total. The van der Waals surface area contributed by atoms with Crippen molar-refractivity contribution >= 4 is 11.3 Å². The average Bonchev–Trinajstić information content (AvgIpc) is 3.43. The van der Waals surface area contributed by atoms with E-state index in [1.165, 1.54) is 22.0 Å². The molecule has 0 bridgehead atoms. The van der Waals surface area contributed by atoms with E-state index in [1.54, 1.807) is 7.11 Å². The van der Waals surface area contributed by atoms with E-state index < -0.39 is 0 Å². The molecular formula is C23H28N4OS. The van der Waals surface area contributed by atoms with E-state index in [2.05, 4.69) is 57.3 Å². The first-order chi connectivity index (χ1) is 14.2.